The molecule has 2 N–H and O–H groups in total. The molecule has 92 valence electrons. The standard InChI is InChI=1S/C9H18N2OS.2ClH/c13-9-3-7(11-5-9)6-12-8-1-2-10-4-8;;/h7-11,13H,1-6H2;2*1H/t7-,8+,9-;;/m0../s1. The fraction of sp³-hybridized carbons (Fsp3) is 1.00. The summed E-state index contributed by atoms with van der Waals surface area (Å²) in [4.78, 5) is 0. The first-order valence-electron chi connectivity index (χ1n) is 5.08. The molecule has 3 atom stereocenters. The minimum Gasteiger partial charge on any atom is -0.375 e. The third-order valence-electron chi connectivity index (χ3n) is 2.75. The van der Waals surface area contributed by atoms with Gasteiger partial charge in [-0.25, -0.2) is 0 Å². The predicted octanol–water partition coefficient (Wildman–Crippen LogP) is 0.869. The van der Waals surface area contributed by atoms with Crippen LogP contribution in [-0.2, 0) is 4.74 Å². The maximum atomic E-state index is 5.78. The van der Waals surface area contributed by atoms with Gasteiger partial charge in [0.25, 0.3) is 0 Å². The number of thiol groups is 1. The van der Waals surface area contributed by atoms with E-state index < -0.39 is 0 Å². The maximum absolute atomic E-state index is 5.78. The highest BCUT2D eigenvalue weighted by atomic mass is 35.5. The molecule has 0 aromatic carbocycles. The minimum absolute atomic E-state index is 0. The van der Waals surface area contributed by atoms with Crippen molar-refractivity contribution < 1.29 is 4.74 Å². The first-order chi connectivity index (χ1) is 6.34. The Labute approximate surface area is 109 Å². The fourth-order valence-electron chi connectivity index (χ4n) is 1.95. The summed E-state index contributed by atoms with van der Waals surface area (Å²) in [6, 6.07) is 0.531. The van der Waals surface area contributed by atoms with Crippen molar-refractivity contribution in [1.82, 2.24) is 10.6 Å². The molecule has 0 unspecified atom stereocenters. The lowest BCUT2D eigenvalue weighted by Gasteiger charge is -2.14. The lowest BCUT2D eigenvalue weighted by molar-refractivity contribution is 0.0541. The average Bonchev–Trinajstić information content (AvgIpc) is 2.71. The molecule has 2 rings (SSSR count). The summed E-state index contributed by atoms with van der Waals surface area (Å²) in [6.45, 7) is 4.01. The van der Waals surface area contributed by atoms with Gasteiger partial charge in [0.2, 0.25) is 0 Å². The van der Waals surface area contributed by atoms with Crippen LogP contribution >= 0.6 is 37.4 Å². The second kappa shape index (κ2) is 7.98. The zero-order chi connectivity index (χ0) is 9.10. The van der Waals surface area contributed by atoms with Gasteiger partial charge in [0, 0.05) is 24.4 Å². The molecule has 0 aromatic rings. The second-order valence-electron chi connectivity index (χ2n) is 3.94. The predicted molar refractivity (Wildman–Crippen MR) is 70.9 cm³/mol. The van der Waals surface area contributed by atoms with Crippen LogP contribution in [0.15, 0.2) is 0 Å². The van der Waals surface area contributed by atoms with Crippen LogP contribution in [0.3, 0.4) is 0 Å². The third kappa shape index (κ3) is 5.11. The first-order valence-corrected chi connectivity index (χ1v) is 5.60. The van der Waals surface area contributed by atoms with E-state index in [1.54, 1.807) is 0 Å². The molecule has 0 spiro atoms. The molecule has 2 aliphatic heterocycles. The lowest BCUT2D eigenvalue weighted by Crippen LogP contribution is -2.30. The second-order valence-corrected chi connectivity index (χ2v) is 4.67. The van der Waals surface area contributed by atoms with Gasteiger partial charge >= 0.3 is 0 Å². The summed E-state index contributed by atoms with van der Waals surface area (Å²) < 4.78 is 5.78. The van der Waals surface area contributed by atoms with E-state index in [2.05, 4.69) is 23.3 Å². The van der Waals surface area contributed by atoms with Crippen molar-refractivity contribution >= 4 is 37.4 Å². The van der Waals surface area contributed by atoms with Crippen LogP contribution in [0.25, 0.3) is 0 Å². The van der Waals surface area contributed by atoms with Gasteiger partial charge in [0.1, 0.15) is 0 Å². The van der Waals surface area contributed by atoms with Gasteiger partial charge in [-0.05, 0) is 19.4 Å². The molecule has 0 saturated carbocycles. The molecule has 2 heterocycles. The zero-order valence-electron chi connectivity index (χ0n) is 8.65. The topological polar surface area (TPSA) is 33.3 Å². The number of hydrogen-bond acceptors (Lipinski definition) is 4. The van der Waals surface area contributed by atoms with E-state index >= 15 is 0 Å². The van der Waals surface area contributed by atoms with Gasteiger partial charge in [-0.3, -0.25) is 0 Å². The molecule has 0 radical (unpaired) electrons. The highest BCUT2D eigenvalue weighted by Gasteiger charge is 2.23. The number of rotatable bonds is 3. The molecule has 0 aliphatic carbocycles. The van der Waals surface area contributed by atoms with Crippen molar-refractivity contribution in [3.05, 3.63) is 0 Å². The molecule has 3 nitrogen and oxygen atoms in total. The lowest BCUT2D eigenvalue weighted by atomic mass is 10.2. The van der Waals surface area contributed by atoms with E-state index in [0.29, 0.717) is 17.4 Å². The van der Waals surface area contributed by atoms with Crippen LogP contribution in [0.1, 0.15) is 12.8 Å². The van der Waals surface area contributed by atoms with Gasteiger partial charge in [0.15, 0.2) is 0 Å². The Hall–Kier alpha value is 0.810. The molecule has 0 aromatic heterocycles. The molecular formula is C9H20Cl2N2OS. The van der Waals surface area contributed by atoms with Crippen molar-refractivity contribution in [2.45, 2.75) is 30.2 Å². The summed E-state index contributed by atoms with van der Waals surface area (Å²) >= 11 is 4.42. The molecule has 15 heavy (non-hydrogen) atoms. The van der Waals surface area contributed by atoms with Crippen molar-refractivity contribution in [3.8, 4) is 0 Å². The maximum Gasteiger partial charge on any atom is 0.0712 e. The van der Waals surface area contributed by atoms with E-state index in [0.717, 1.165) is 39.1 Å². The van der Waals surface area contributed by atoms with E-state index in [4.69, 9.17) is 4.74 Å². The van der Waals surface area contributed by atoms with Crippen LogP contribution in [0.5, 0.6) is 0 Å². The summed E-state index contributed by atoms with van der Waals surface area (Å²) in [5.74, 6) is 0. The fourth-order valence-corrected chi connectivity index (χ4v) is 2.31. The average molecular weight is 275 g/mol. The van der Waals surface area contributed by atoms with E-state index in [1.165, 1.54) is 0 Å². The van der Waals surface area contributed by atoms with E-state index in [9.17, 15) is 0 Å². The normalized spacial score (nSPS) is 34.6. The minimum atomic E-state index is 0. The van der Waals surface area contributed by atoms with Gasteiger partial charge in [-0.15, -0.1) is 24.8 Å². The highest BCUT2D eigenvalue weighted by molar-refractivity contribution is 7.81. The molecule has 2 saturated heterocycles. The number of nitrogens with one attached hydrogen (secondary N) is 2. The van der Waals surface area contributed by atoms with E-state index in [-0.39, 0.29) is 24.8 Å². The van der Waals surface area contributed by atoms with Crippen LogP contribution < -0.4 is 10.6 Å². The Morgan fingerprint density at radius 3 is 2.60 bits per heavy atom. The monoisotopic (exact) mass is 274 g/mol. The van der Waals surface area contributed by atoms with Gasteiger partial charge in [0.05, 0.1) is 12.7 Å². The Morgan fingerprint density at radius 1 is 1.27 bits per heavy atom. The summed E-state index contributed by atoms with van der Waals surface area (Å²) in [6.07, 6.45) is 2.75. The summed E-state index contributed by atoms with van der Waals surface area (Å²) in [5, 5.41) is 7.23. The summed E-state index contributed by atoms with van der Waals surface area (Å²) in [7, 11) is 0. The summed E-state index contributed by atoms with van der Waals surface area (Å²) in [5.41, 5.74) is 0. The van der Waals surface area contributed by atoms with Crippen molar-refractivity contribution in [2.24, 2.45) is 0 Å². The van der Waals surface area contributed by atoms with E-state index in [1.807, 2.05) is 0 Å². The van der Waals surface area contributed by atoms with Crippen LogP contribution in [-0.4, -0.2) is 43.6 Å². The van der Waals surface area contributed by atoms with Gasteiger partial charge in [-0.1, -0.05) is 0 Å². The van der Waals surface area contributed by atoms with Crippen LogP contribution in [0, 0.1) is 0 Å². The molecule has 2 aliphatic rings. The van der Waals surface area contributed by atoms with Crippen molar-refractivity contribution in [1.29, 1.82) is 0 Å². The Balaban J connectivity index is 0.000000980. The largest absolute Gasteiger partial charge is 0.375 e. The Kier molecular flexibility index (Phi) is 8.41. The number of hydrogen-bond donors (Lipinski definition) is 3. The SMILES string of the molecule is Cl.Cl.S[C@@H]1CN[C@H](CO[C@@H]2CCNC2)C1. The zero-order valence-corrected chi connectivity index (χ0v) is 11.2. The molecule has 2 fully saturated rings. The first kappa shape index (κ1) is 15.8. The Bertz CT molecular complexity index is 170. The van der Waals surface area contributed by atoms with Crippen LogP contribution in [0.4, 0.5) is 0 Å². The van der Waals surface area contributed by atoms with Crippen LogP contribution in [0.2, 0.25) is 0 Å². The quantitative estimate of drug-likeness (QED) is 0.668. The third-order valence-corrected chi connectivity index (χ3v) is 3.14. The highest BCUT2D eigenvalue weighted by Crippen LogP contribution is 2.13. The number of halogens is 2. The molecule has 6 heteroatoms. The number of ether oxygens (including phenoxy) is 1. The van der Waals surface area contributed by atoms with Crippen molar-refractivity contribution in [2.75, 3.05) is 26.2 Å². The molecule has 0 amide bonds. The van der Waals surface area contributed by atoms with Crippen molar-refractivity contribution in [3.63, 3.8) is 0 Å². The smallest absolute Gasteiger partial charge is 0.0712 e. The Morgan fingerprint density at radius 2 is 2.07 bits per heavy atom. The molecular weight excluding hydrogens is 255 g/mol. The molecule has 0 bridgehead atoms. The van der Waals surface area contributed by atoms with Gasteiger partial charge in [-0.2, -0.15) is 12.6 Å². The van der Waals surface area contributed by atoms with Gasteiger partial charge < -0.3 is 15.4 Å².